The molecule has 2 aromatic rings. The number of para-hydroxylation sites is 2. The fourth-order valence-corrected chi connectivity index (χ4v) is 2.31. The summed E-state index contributed by atoms with van der Waals surface area (Å²) in [7, 11) is 5.48. The van der Waals surface area contributed by atoms with Gasteiger partial charge in [-0.15, -0.1) is 0 Å². The molecule has 21 heavy (non-hydrogen) atoms. The van der Waals surface area contributed by atoms with Gasteiger partial charge in [0.2, 0.25) is 0 Å². The van der Waals surface area contributed by atoms with Gasteiger partial charge in [0.05, 0.1) is 12.8 Å². The first-order valence-electron chi connectivity index (χ1n) is 6.95. The SMILES string of the molecule is CNC(C)c1ccc(N(C)c2ccccc2OC)cc1O. The van der Waals surface area contributed by atoms with Crippen molar-refractivity contribution in [3.8, 4) is 11.5 Å². The van der Waals surface area contributed by atoms with Crippen molar-refractivity contribution in [2.24, 2.45) is 0 Å². The van der Waals surface area contributed by atoms with Crippen LogP contribution in [0.15, 0.2) is 42.5 Å². The van der Waals surface area contributed by atoms with Gasteiger partial charge in [0.25, 0.3) is 0 Å². The van der Waals surface area contributed by atoms with Crippen LogP contribution in [-0.2, 0) is 0 Å². The Balaban J connectivity index is 2.36. The Morgan fingerprint density at radius 1 is 1.19 bits per heavy atom. The van der Waals surface area contributed by atoms with Crippen LogP contribution in [0.2, 0.25) is 0 Å². The minimum Gasteiger partial charge on any atom is -0.508 e. The molecule has 2 aromatic carbocycles. The Morgan fingerprint density at radius 2 is 1.90 bits per heavy atom. The topological polar surface area (TPSA) is 44.7 Å². The van der Waals surface area contributed by atoms with E-state index in [9.17, 15) is 5.11 Å². The van der Waals surface area contributed by atoms with Gasteiger partial charge in [0.1, 0.15) is 11.5 Å². The van der Waals surface area contributed by atoms with Crippen molar-refractivity contribution >= 4 is 11.4 Å². The fraction of sp³-hybridized carbons (Fsp3) is 0.294. The molecule has 0 spiro atoms. The lowest BCUT2D eigenvalue weighted by atomic mass is 10.1. The number of rotatable bonds is 5. The average molecular weight is 286 g/mol. The first-order valence-corrected chi connectivity index (χ1v) is 6.95. The summed E-state index contributed by atoms with van der Waals surface area (Å²) < 4.78 is 5.38. The number of aromatic hydroxyl groups is 1. The van der Waals surface area contributed by atoms with Crippen molar-refractivity contribution in [1.29, 1.82) is 0 Å². The van der Waals surface area contributed by atoms with E-state index >= 15 is 0 Å². The molecule has 0 aliphatic heterocycles. The van der Waals surface area contributed by atoms with Gasteiger partial charge in [-0.25, -0.2) is 0 Å². The van der Waals surface area contributed by atoms with E-state index in [1.165, 1.54) is 0 Å². The Labute approximate surface area is 126 Å². The zero-order valence-corrected chi connectivity index (χ0v) is 12.9. The zero-order valence-electron chi connectivity index (χ0n) is 12.9. The summed E-state index contributed by atoms with van der Waals surface area (Å²) >= 11 is 0. The number of phenols is 1. The van der Waals surface area contributed by atoms with E-state index in [0.29, 0.717) is 0 Å². The lowest BCUT2D eigenvalue weighted by Gasteiger charge is -2.23. The summed E-state index contributed by atoms with van der Waals surface area (Å²) in [6.07, 6.45) is 0. The Morgan fingerprint density at radius 3 is 2.52 bits per heavy atom. The molecule has 1 unspecified atom stereocenters. The molecule has 2 rings (SSSR count). The molecule has 4 nitrogen and oxygen atoms in total. The molecule has 0 bridgehead atoms. The molecule has 0 aliphatic rings. The number of anilines is 2. The maximum Gasteiger partial charge on any atom is 0.142 e. The second kappa shape index (κ2) is 6.50. The lowest BCUT2D eigenvalue weighted by Crippen LogP contribution is -2.14. The minimum atomic E-state index is 0.107. The minimum absolute atomic E-state index is 0.107. The van der Waals surface area contributed by atoms with E-state index < -0.39 is 0 Å². The Hall–Kier alpha value is -2.20. The maximum atomic E-state index is 10.2. The molecular weight excluding hydrogens is 264 g/mol. The molecule has 0 amide bonds. The first kappa shape index (κ1) is 15.2. The summed E-state index contributed by atoms with van der Waals surface area (Å²) in [4.78, 5) is 1.99. The first-order chi connectivity index (χ1) is 10.1. The molecule has 0 aromatic heterocycles. The van der Waals surface area contributed by atoms with Crippen molar-refractivity contribution in [1.82, 2.24) is 5.32 Å². The van der Waals surface area contributed by atoms with Crippen molar-refractivity contribution in [3.05, 3.63) is 48.0 Å². The third-order valence-electron chi connectivity index (χ3n) is 3.75. The molecule has 0 heterocycles. The van der Waals surface area contributed by atoms with Crippen molar-refractivity contribution in [3.63, 3.8) is 0 Å². The van der Waals surface area contributed by atoms with Crippen LogP contribution >= 0.6 is 0 Å². The van der Waals surface area contributed by atoms with Crippen LogP contribution in [0.5, 0.6) is 11.5 Å². The number of hydrogen-bond acceptors (Lipinski definition) is 4. The van der Waals surface area contributed by atoms with Gasteiger partial charge in [-0.05, 0) is 32.2 Å². The normalized spacial score (nSPS) is 12.0. The second-order valence-electron chi connectivity index (χ2n) is 4.98. The average Bonchev–Trinajstić information content (AvgIpc) is 2.53. The summed E-state index contributed by atoms with van der Waals surface area (Å²) in [5.41, 5.74) is 2.74. The number of methoxy groups -OCH3 is 1. The van der Waals surface area contributed by atoms with E-state index in [1.807, 2.05) is 62.3 Å². The van der Waals surface area contributed by atoms with Gasteiger partial charge in [-0.2, -0.15) is 0 Å². The molecule has 0 fully saturated rings. The van der Waals surface area contributed by atoms with Crippen molar-refractivity contribution < 1.29 is 9.84 Å². The predicted octanol–water partition coefficient (Wildman–Crippen LogP) is 3.45. The van der Waals surface area contributed by atoms with Crippen molar-refractivity contribution in [2.75, 3.05) is 26.1 Å². The highest BCUT2D eigenvalue weighted by Crippen LogP contribution is 2.35. The molecule has 2 N–H and O–H groups in total. The summed E-state index contributed by atoms with van der Waals surface area (Å²) in [6, 6.07) is 13.6. The molecule has 0 saturated heterocycles. The van der Waals surface area contributed by atoms with E-state index in [0.717, 1.165) is 22.7 Å². The Bertz CT molecular complexity index is 613. The molecule has 4 heteroatoms. The van der Waals surface area contributed by atoms with Gasteiger partial charge in [0.15, 0.2) is 0 Å². The van der Waals surface area contributed by atoms with Crippen LogP contribution in [0, 0.1) is 0 Å². The summed E-state index contributed by atoms with van der Waals surface area (Å²) in [5.74, 6) is 1.09. The molecule has 0 aliphatic carbocycles. The predicted molar refractivity (Wildman–Crippen MR) is 86.6 cm³/mol. The molecule has 112 valence electrons. The van der Waals surface area contributed by atoms with E-state index in [-0.39, 0.29) is 11.8 Å². The number of nitrogens with one attached hydrogen (secondary N) is 1. The maximum absolute atomic E-state index is 10.2. The number of benzene rings is 2. The largest absolute Gasteiger partial charge is 0.508 e. The lowest BCUT2D eigenvalue weighted by molar-refractivity contribution is 0.415. The highest BCUT2D eigenvalue weighted by Gasteiger charge is 2.13. The van der Waals surface area contributed by atoms with Crippen LogP contribution in [0.4, 0.5) is 11.4 Å². The van der Waals surface area contributed by atoms with Crippen LogP contribution in [0.3, 0.4) is 0 Å². The van der Waals surface area contributed by atoms with Gasteiger partial charge in [-0.3, -0.25) is 0 Å². The molecular formula is C17H22N2O2. The van der Waals surface area contributed by atoms with Gasteiger partial charge in [0, 0.05) is 30.4 Å². The number of hydrogen-bond donors (Lipinski definition) is 2. The van der Waals surface area contributed by atoms with Crippen LogP contribution in [0.1, 0.15) is 18.5 Å². The molecule has 0 radical (unpaired) electrons. The molecule has 0 saturated carbocycles. The van der Waals surface area contributed by atoms with Gasteiger partial charge >= 0.3 is 0 Å². The van der Waals surface area contributed by atoms with Crippen LogP contribution < -0.4 is 15.0 Å². The van der Waals surface area contributed by atoms with Crippen LogP contribution in [-0.4, -0.2) is 26.3 Å². The Kier molecular flexibility index (Phi) is 4.70. The van der Waals surface area contributed by atoms with E-state index in [2.05, 4.69) is 5.32 Å². The highest BCUT2D eigenvalue weighted by molar-refractivity contribution is 5.69. The highest BCUT2D eigenvalue weighted by atomic mass is 16.5. The van der Waals surface area contributed by atoms with E-state index in [4.69, 9.17) is 4.74 Å². The van der Waals surface area contributed by atoms with Crippen LogP contribution in [0.25, 0.3) is 0 Å². The second-order valence-corrected chi connectivity index (χ2v) is 4.98. The standard InChI is InChI=1S/C17H22N2O2/c1-12(18-2)14-10-9-13(11-16(14)20)19(3)15-7-5-6-8-17(15)21-4/h5-12,18,20H,1-4H3. The zero-order chi connectivity index (χ0) is 15.4. The van der Waals surface area contributed by atoms with E-state index in [1.54, 1.807) is 13.2 Å². The monoisotopic (exact) mass is 286 g/mol. The van der Waals surface area contributed by atoms with Gasteiger partial charge in [-0.1, -0.05) is 18.2 Å². The quantitative estimate of drug-likeness (QED) is 0.883. The third-order valence-corrected chi connectivity index (χ3v) is 3.75. The number of nitrogens with zero attached hydrogens (tertiary/aromatic N) is 1. The fourth-order valence-electron chi connectivity index (χ4n) is 2.31. The summed E-state index contributed by atoms with van der Waals surface area (Å²) in [6.45, 7) is 2.01. The smallest absolute Gasteiger partial charge is 0.142 e. The van der Waals surface area contributed by atoms with Gasteiger partial charge < -0.3 is 20.1 Å². The summed E-state index contributed by atoms with van der Waals surface area (Å²) in [5, 5.41) is 13.3. The van der Waals surface area contributed by atoms with Crippen molar-refractivity contribution in [2.45, 2.75) is 13.0 Å². The number of ether oxygens (including phenoxy) is 1. The molecule has 1 atom stereocenters. The third kappa shape index (κ3) is 3.11. The number of phenolic OH excluding ortho intramolecular Hbond substituents is 1.